The van der Waals surface area contributed by atoms with Gasteiger partial charge in [0, 0.05) is 18.0 Å². The number of thiazole rings is 1. The van der Waals surface area contributed by atoms with Crippen LogP contribution >= 0.6 is 11.3 Å². The lowest BCUT2D eigenvalue weighted by Gasteiger charge is -2.12. The van der Waals surface area contributed by atoms with Gasteiger partial charge < -0.3 is 5.32 Å². The van der Waals surface area contributed by atoms with E-state index in [9.17, 15) is 4.79 Å². The number of rotatable bonds is 4. The van der Waals surface area contributed by atoms with Crippen LogP contribution in [0.1, 0.15) is 34.0 Å². The molecule has 0 aliphatic carbocycles. The zero-order valence-electron chi connectivity index (χ0n) is 12.9. The summed E-state index contributed by atoms with van der Waals surface area (Å²) in [4.78, 5) is 25.8. The second kappa shape index (κ2) is 6.66. The first kappa shape index (κ1) is 15.3. The van der Waals surface area contributed by atoms with Gasteiger partial charge in [0.1, 0.15) is 10.7 Å². The number of carbonyl (C=O) groups is 1. The summed E-state index contributed by atoms with van der Waals surface area (Å²) in [5.74, 6) is -0.236. The Kier molecular flexibility index (Phi) is 4.43. The van der Waals surface area contributed by atoms with Crippen LogP contribution in [0.2, 0.25) is 0 Å². The number of carbonyl (C=O) groups excluding carboxylic acids is 1. The first-order valence-corrected chi connectivity index (χ1v) is 8.06. The molecule has 23 heavy (non-hydrogen) atoms. The predicted octanol–water partition coefficient (Wildman–Crippen LogP) is 3.40. The van der Waals surface area contributed by atoms with Crippen LogP contribution in [-0.2, 0) is 0 Å². The smallest absolute Gasteiger partial charge is 0.271 e. The Hall–Kier alpha value is -2.60. The van der Waals surface area contributed by atoms with Crippen LogP contribution in [0, 0.1) is 6.92 Å². The third kappa shape index (κ3) is 3.43. The Morgan fingerprint density at radius 3 is 2.70 bits per heavy atom. The van der Waals surface area contributed by atoms with E-state index in [1.54, 1.807) is 17.5 Å². The summed E-state index contributed by atoms with van der Waals surface area (Å²) in [6.07, 6.45) is 4.50. The SMILES string of the molecule is Cc1nc(-c2ccccc2)sc1[C@H](C)NC(=O)c1cnccn1. The van der Waals surface area contributed by atoms with Crippen molar-refractivity contribution in [3.8, 4) is 10.6 Å². The highest BCUT2D eigenvalue weighted by Gasteiger charge is 2.18. The van der Waals surface area contributed by atoms with Gasteiger partial charge in [0.25, 0.3) is 5.91 Å². The predicted molar refractivity (Wildman–Crippen MR) is 90.2 cm³/mol. The minimum Gasteiger partial charge on any atom is -0.343 e. The molecule has 0 saturated heterocycles. The van der Waals surface area contributed by atoms with Crippen LogP contribution in [0.4, 0.5) is 0 Å². The minimum absolute atomic E-state index is 0.139. The summed E-state index contributed by atoms with van der Waals surface area (Å²) in [5.41, 5.74) is 2.32. The average Bonchev–Trinajstić information content (AvgIpc) is 2.98. The molecule has 2 aromatic heterocycles. The number of amides is 1. The van der Waals surface area contributed by atoms with E-state index in [4.69, 9.17) is 0 Å². The van der Waals surface area contributed by atoms with Crippen LogP contribution in [-0.4, -0.2) is 20.9 Å². The Labute approximate surface area is 138 Å². The quantitative estimate of drug-likeness (QED) is 0.798. The fourth-order valence-electron chi connectivity index (χ4n) is 2.27. The van der Waals surface area contributed by atoms with Gasteiger partial charge in [-0.2, -0.15) is 0 Å². The summed E-state index contributed by atoms with van der Waals surface area (Å²) in [6, 6.07) is 9.89. The average molecular weight is 324 g/mol. The molecule has 5 nitrogen and oxygen atoms in total. The summed E-state index contributed by atoms with van der Waals surface area (Å²) >= 11 is 1.60. The maximum absolute atomic E-state index is 12.2. The maximum atomic E-state index is 12.2. The second-order valence-electron chi connectivity index (χ2n) is 5.12. The van der Waals surface area contributed by atoms with Crippen molar-refractivity contribution in [2.75, 3.05) is 0 Å². The third-order valence-electron chi connectivity index (χ3n) is 3.39. The highest BCUT2D eigenvalue weighted by atomic mass is 32.1. The largest absolute Gasteiger partial charge is 0.343 e. The van der Waals surface area contributed by atoms with Crippen molar-refractivity contribution in [2.24, 2.45) is 0 Å². The van der Waals surface area contributed by atoms with Crippen molar-refractivity contribution in [3.63, 3.8) is 0 Å². The highest BCUT2D eigenvalue weighted by molar-refractivity contribution is 7.15. The van der Waals surface area contributed by atoms with Gasteiger partial charge >= 0.3 is 0 Å². The lowest BCUT2D eigenvalue weighted by Crippen LogP contribution is -2.27. The van der Waals surface area contributed by atoms with E-state index in [0.29, 0.717) is 5.69 Å². The number of aromatic nitrogens is 3. The van der Waals surface area contributed by atoms with Gasteiger partial charge in [0.2, 0.25) is 0 Å². The zero-order chi connectivity index (χ0) is 16.2. The number of nitrogens with zero attached hydrogens (tertiary/aromatic N) is 3. The second-order valence-corrected chi connectivity index (χ2v) is 6.15. The van der Waals surface area contributed by atoms with E-state index < -0.39 is 0 Å². The highest BCUT2D eigenvalue weighted by Crippen LogP contribution is 2.31. The standard InChI is InChI=1S/C17H16N4OS/c1-11(20-16(22)14-10-18-8-9-19-14)15-12(2)21-17(23-15)13-6-4-3-5-7-13/h3-11H,1-2H3,(H,20,22)/t11-/m0/s1. The van der Waals surface area contributed by atoms with Gasteiger partial charge in [-0.1, -0.05) is 30.3 Å². The molecule has 0 saturated carbocycles. The number of aryl methyl sites for hydroxylation is 1. The number of benzene rings is 1. The van der Waals surface area contributed by atoms with E-state index in [1.165, 1.54) is 12.4 Å². The summed E-state index contributed by atoms with van der Waals surface area (Å²) < 4.78 is 0. The molecule has 3 rings (SSSR count). The van der Waals surface area contributed by atoms with Crippen LogP contribution in [0.25, 0.3) is 10.6 Å². The van der Waals surface area contributed by atoms with Crippen molar-refractivity contribution in [3.05, 3.63) is 65.2 Å². The molecule has 1 N–H and O–H groups in total. The normalized spacial score (nSPS) is 11.9. The van der Waals surface area contributed by atoms with Gasteiger partial charge in [-0.05, 0) is 13.8 Å². The van der Waals surface area contributed by atoms with Crippen molar-refractivity contribution in [1.29, 1.82) is 0 Å². The number of hydrogen-bond donors (Lipinski definition) is 1. The summed E-state index contributed by atoms with van der Waals surface area (Å²) in [6.45, 7) is 3.91. The molecule has 3 aromatic rings. The van der Waals surface area contributed by atoms with Gasteiger partial charge in [0.15, 0.2) is 0 Å². The maximum Gasteiger partial charge on any atom is 0.271 e. The number of nitrogens with one attached hydrogen (secondary N) is 1. The summed E-state index contributed by atoms with van der Waals surface area (Å²) in [7, 11) is 0. The molecule has 1 aromatic carbocycles. The van der Waals surface area contributed by atoms with Crippen molar-refractivity contribution in [1.82, 2.24) is 20.3 Å². The van der Waals surface area contributed by atoms with E-state index in [-0.39, 0.29) is 11.9 Å². The Morgan fingerprint density at radius 1 is 1.22 bits per heavy atom. The van der Waals surface area contributed by atoms with Gasteiger partial charge in [-0.15, -0.1) is 11.3 Å². The fourth-order valence-corrected chi connectivity index (χ4v) is 3.34. The first-order chi connectivity index (χ1) is 11.1. The van der Waals surface area contributed by atoms with Crippen LogP contribution in [0.15, 0.2) is 48.9 Å². The van der Waals surface area contributed by atoms with Gasteiger partial charge in [-0.25, -0.2) is 9.97 Å². The van der Waals surface area contributed by atoms with E-state index in [1.807, 2.05) is 44.2 Å². The molecule has 2 heterocycles. The van der Waals surface area contributed by atoms with Crippen LogP contribution < -0.4 is 5.32 Å². The monoisotopic (exact) mass is 324 g/mol. The van der Waals surface area contributed by atoms with Crippen LogP contribution in [0.5, 0.6) is 0 Å². The Bertz CT molecular complexity index is 802. The number of hydrogen-bond acceptors (Lipinski definition) is 5. The van der Waals surface area contributed by atoms with Crippen molar-refractivity contribution in [2.45, 2.75) is 19.9 Å². The fraction of sp³-hybridized carbons (Fsp3) is 0.176. The summed E-state index contributed by atoms with van der Waals surface area (Å²) in [5, 5.41) is 3.90. The van der Waals surface area contributed by atoms with Gasteiger partial charge in [0.05, 0.1) is 22.8 Å². The lowest BCUT2D eigenvalue weighted by molar-refractivity contribution is 0.0935. The minimum atomic E-state index is -0.236. The first-order valence-electron chi connectivity index (χ1n) is 7.25. The van der Waals surface area contributed by atoms with E-state index >= 15 is 0 Å². The van der Waals surface area contributed by atoms with Crippen molar-refractivity contribution < 1.29 is 4.79 Å². The molecular weight excluding hydrogens is 308 g/mol. The molecule has 1 atom stereocenters. The van der Waals surface area contributed by atoms with Crippen LogP contribution in [0.3, 0.4) is 0 Å². The third-order valence-corrected chi connectivity index (χ3v) is 4.78. The lowest BCUT2D eigenvalue weighted by atomic mass is 10.2. The molecule has 6 heteroatoms. The molecular formula is C17H16N4OS. The zero-order valence-corrected chi connectivity index (χ0v) is 13.7. The van der Waals surface area contributed by atoms with Gasteiger partial charge in [-0.3, -0.25) is 9.78 Å². The molecule has 0 bridgehead atoms. The molecule has 1 amide bonds. The topological polar surface area (TPSA) is 67.8 Å². The molecule has 0 spiro atoms. The molecule has 0 radical (unpaired) electrons. The molecule has 0 fully saturated rings. The van der Waals surface area contributed by atoms with E-state index in [2.05, 4.69) is 20.3 Å². The molecule has 0 aliphatic heterocycles. The Morgan fingerprint density at radius 2 is 2.00 bits per heavy atom. The molecule has 0 aliphatic rings. The molecule has 0 unspecified atom stereocenters. The molecule has 116 valence electrons. The Balaban J connectivity index is 1.79. The van der Waals surface area contributed by atoms with E-state index in [0.717, 1.165) is 21.1 Å². The van der Waals surface area contributed by atoms with Crippen molar-refractivity contribution >= 4 is 17.2 Å².